The van der Waals surface area contributed by atoms with E-state index in [9.17, 15) is 8.42 Å². The maximum atomic E-state index is 12.4. The lowest BCUT2D eigenvalue weighted by Crippen LogP contribution is -2.46. The van der Waals surface area contributed by atoms with Crippen molar-refractivity contribution in [2.45, 2.75) is 36.7 Å². The Morgan fingerprint density at radius 3 is 2.85 bits per heavy atom. The Bertz CT molecular complexity index is 557. The van der Waals surface area contributed by atoms with Crippen LogP contribution in [0.4, 0.5) is 0 Å². The number of piperidine rings is 1. The Kier molecular flexibility index (Phi) is 4.80. The number of nitrogens with one attached hydrogen (secondary N) is 1. The Morgan fingerprint density at radius 2 is 2.20 bits per heavy atom. The maximum absolute atomic E-state index is 12.4. The predicted octanol–water partition coefficient (Wildman–Crippen LogP) is 1.08. The van der Waals surface area contributed by atoms with Gasteiger partial charge in [0.05, 0.1) is 4.90 Å². The normalized spacial score (nSPS) is 22.6. The topological polar surface area (TPSA) is 75.4 Å². The molecule has 3 N–H and O–H groups in total. The summed E-state index contributed by atoms with van der Waals surface area (Å²) in [6.45, 7) is 3.62. The van der Waals surface area contributed by atoms with Crippen LogP contribution >= 0.6 is 0 Å². The summed E-state index contributed by atoms with van der Waals surface area (Å²) in [5, 5.41) is 0. The SMILES string of the molecule is CC(N)c1cccc(S(=O)(=O)NC2CCCN(C)C2)c1. The first-order valence-corrected chi connectivity index (χ1v) is 8.43. The summed E-state index contributed by atoms with van der Waals surface area (Å²) in [5.41, 5.74) is 6.63. The molecule has 2 rings (SSSR count). The molecule has 1 heterocycles. The van der Waals surface area contributed by atoms with Crippen molar-refractivity contribution < 1.29 is 8.42 Å². The van der Waals surface area contributed by atoms with Gasteiger partial charge in [0.2, 0.25) is 10.0 Å². The molecule has 0 saturated carbocycles. The average molecular weight is 297 g/mol. The van der Waals surface area contributed by atoms with Crippen molar-refractivity contribution in [3.63, 3.8) is 0 Å². The number of likely N-dealkylation sites (N-methyl/N-ethyl adjacent to an activating group) is 1. The number of rotatable bonds is 4. The first-order valence-electron chi connectivity index (χ1n) is 6.95. The van der Waals surface area contributed by atoms with Crippen molar-refractivity contribution in [3.8, 4) is 0 Å². The van der Waals surface area contributed by atoms with Gasteiger partial charge in [-0.05, 0) is 51.1 Å². The Balaban J connectivity index is 2.15. The van der Waals surface area contributed by atoms with Gasteiger partial charge in [0.15, 0.2) is 0 Å². The van der Waals surface area contributed by atoms with E-state index in [4.69, 9.17) is 5.73 Å². The molecule has 1 aliphatic rings. The van der Waals surface area contributed by atoms with Crippen LogP contribution in [-0.4, -0.2) is 39.5 Å². The molecule has 112 valence electrons. The highest BCUT2D eigenvalue weighted by Crippen LogP contribution is 2.17. The number of nitrogens with zero attached hydrogens (tertiary/aromatic N) is 1. The van der Waals surface area contributed by atoms with E-state index in [1.54, 1.807) is 18.2 Å². The molecule has 1 saturated heterocycles. The van der Waals surface area contributed by atoms with E-state index < -0.39 is 10.0 Å². The predicted molar refractivity (Wildman–Crippen MR) is 79.9 cm³/mol. The molecule has 0 spiro atoms. The Morgan fingerprint density at radius 1 is 1.45 bits per heavy atom. The van der Waals surface area contributed by atoms with Crippen LogP contribution < -0.4 is 10.5 Å². The first kappa shape index (κ1) is 15.4. The summed E-state index contributed by atoms with van der Waals surface area (Å²) in [4.78, 5) is 2.44. The van der Waals surface area contributed by atoms with Crippen molar-refractivity contribution in [2.75, 3.05) is 20.1 Å². The summed E-state index contributed by atoms with van der Waals surface area (Å²) in [6, 6.07) is 6.65. The monoisotopic (exact) mass is 297 g/mol. The zero-order chi connectivity index (χ0) is 14.8. The van der Waals surface area contributed by atoms with Gasteiger partial charge in [0.1, 0.15) is 0 Å². The van der Waals surface area contributed by atoms with E-state index >= 15 is 0 Å². The number of sulfonamides is 1. The minimum Gasteiger partial charge on any atom is -0.324 e. The fourth-order valence-corrected chi connectivity index (χ4v) is 3.83. The Hall–Kier alpha value is -0.950. The second-order valence-corrected chi connectivity index (χ2v) is 7.30. The highest BCUT2D eigenvalue weighted by atomic mass is 32.2. The van der Waals surface area contributed by atoms with Gasteiger partial charge in [-0.15, -0.1) is 0 Å². The van der Waals surface area contributed by atoms with E-state index in [0.29, 0.717) is 4.90 Å². The second-order valence-electron chi connectivity index (χ2n) is 5.58. The number of hydrogen-bond donors (Lipinski definition) is 2. The van der Waals surface area contributed by atoms with Crippen LogP contribution in [0.3, 0.4) is 0 Å². The number of hydrogen-bond acceptors (Lipinski definition) is 4. The smallest absolute Gasteiger partial charge is 0.240 e. The summed E-state index contributed by atoms with van der Waals surface area (Å²) in [5.74, 6) is 0. The lowest BCUT2D eigenvalue weighted by Gasteiger charge is -2.30. The van der Waals surface area contributed by atoms with Crippen molar-refractivity contribution >= 4 is 10.0 Å². The third kappa shape index (κ3) is 3.79. The van der Waals surface area contributed by atoms with Crippen LogP contribution in [0.5, 0.6) is 0 Å². The van der Waals surface area contributed by atoms with Crippen molar-refractivity contribution in [3.05, 3.63) is 29.8 Å². The zero-order valence-electron chi connectivity index (χ0n) is 12.0. The van der Waals surface area contributed by atoms with E-state index in [-0.39, 0.29) is 12.1 Å². The van der Waals surface area contributed by atoms with Crippen LogP contribution in [0.15, 0.2) is 29.2 Å². The van der Waals surface area contributed by atoms with Crippen LogP contribution in [0, 0.1) is 0 Å². The van der Waals surface area contributed by atoms with Crippen LogP contribution in [0.25, 0.3) is 0 Å². The zero-order valence-corrected chi connectivity index (χ0v) is 12.9. The second kappa shape index (κ2) is 6.22. The third-order valence-electron chi connectivity index (χ3n) is 3.64. The quantitative estimate of drug-likeness (QED) is 0.872. The largest absolute Gasteiger partial charge is 0.324 e. The van der Waals surface area contributed by atoms with Gasteiger partial charge in [0, 0.05) is 18.6 Å². The molecule has 20 heavy (non-hydrogen) atoms. The van der Waals surface area contributed by atoms with Gasteiger partial charge in [-0.25, -0.2) is 13.1 Å². The van der Waals surface area contributed by atoms with E-state index in [1.807, 2.05) is 20.0 Å². The molecule has 0 amide bonds. The summed E-state index contributed by atoms with van der Waals surface area (Å²) in [7, 11) is -1.46. The number of likely N-dealkylation sites (tertiary alicyclic amines) is 1. The van der Waals surface area contributed by atoms with E-state index in [2.05, 4.69) is 9.62 Å². The highest BCUT2D eigenvalue weighted by molar-refractivity contribution is 7.89. The van der Waals surface area contributed by atoms with Crippen molar-refractivity contribution in [1.29, 1.82) is 0 Å². The Labute approximate surface area is 121 Å². The lowest BCUT2D eigenvalue weighted by molar-refractivity contribution is 0.242. The number of nitrogens with two attached hydrogens (primary N) is 1. The molecule has 1 aromatic rings. The maximum Gasteiger partial charge on any atom is 0.240 e. The fourth-order valence-electron chi connectivity index (χ4n) is 2.51. The van der Waals surface area contributed by atoms with Gasteiger partial charge in [0.25, 0.3) is 0 Å². The van der Waals surface area contributed by atoms with Gasteiger partial charge in [-0.3, -0.25) is 0 Å². The summed E-state index contributed by atoms with van der Waals surface area (Å²) in [6.07, 6.45) is 1.90. The van der Waals surface area contributed by atoms with Gasteiger partial charge in [-0.2, -0.15) is 0 Å². The minimum absolute atomic E-state index is 0.0160. The molecule has 1 fully saturated rings. The molecule has 0 radical (unpaired) electrons. The van der Waals surface area contributed by atoms with Crippen LogP contribution in [0.2, 0.25) is 0 Å². The molecule has 6 heteroatoms. The molecule has 2 unspecified atom stereocenters. The molecular formula is C14H23N3O2S. The van der Waals surface area contributed by atoms with E-state index in [1.165, 1.54) is 0 Å². The third-order valence-corrected chi connectivity index (χ3v) is 5.16. The van der Waals surface area contributed by atoms with Gasteiger partial charge in [-0.1, -0.05) is 12.1 Å². The minimum atomic E-state index is -3.47. The van der Waals surface area contributed by atoms with E-state index in [0.717, 1.165) is 31.5 Å². The molecular weight excluding hydrogens is 274 g/mol. The van der Waals surface area contributed by atoms with Crippen LogP contribution in [0.1, 0.15) is 31.4 Å². The number of benzene rings is 1. The molecule has 1 aromatic carbocycles. The standard InChI is InChI=1S/C14H23N3O2S/c1-11(15)12-5-3-7-14(9-12)20(18,19)16-13-6-4-8-17(2)10-13/h3,5,7,9,11,13,16H,4,6,8,10,15H2,1-2H3. The van der Waals surface area contributed by atoms with Crippen LogP contribution in [-0.2, 0) is 10.0 Å². The van der Waals surface area contributed by atoms with Crippen molar-refractivity contribution in [1.82, 2.24) is 9.62 Å². The molecule has 5 nitrogen and oxygen atoms in total. The average Bonchev–Trinajstić information content (AvgIpc) is 2.38. The lowest BCUT2D eigenvalue weighted by atomic mass is 10.1. The molecule has 1 aliphatic heterocycles. The molecule has 0 bridgehead atoms. The van der Waals surface area contributed by atoms with Gasteiger partial charge >= 0.3 is 0 Å². The van der Waals surface area contributed by atoms with Crippen molar-refractivity contribution in [2.24, 2.45) is 5.73 Å². The first-order chi connectivity index (χ1) is 9.38. The summed E-state index contributed by atoms with van der Waals surface area (Å²) < 4.78 is 27.6. The molecule has 2 atom stereocenters. The fraction of sp³-hybridized carbons (Fsp3) is 0.571. The van der Waals surface area contributed by atoms with Gasteiger partial charge < -0.3 is 10.6 Å². The summed E-state index contributed by atoms with van der Waals surface area (Å²) >= 11 is 0. The molecule has 0 aromatic heterocycles. The highest BCUT2D eigenvalue weighted by Gasteiger charge is 2.24. The molecule has 0 aliphatic carbocycles.